The summed E-state index contributed by atoms with van der Waals surface area (Å²) in [4.78, 5) is 0. The first-order valence-corrected chi connectivity index (χ1v) is 10.7. The molecule has 0 atom stereocenters. The highest BCUT2D eigenvalue weighted by Gasteiger charge is 1.95. The molecule has 0 aliphatic heterocycles. The second-order valence-corrected chi connectivity index (χ2v) is 5.89. The van der Waals surface area contributed by atoms with Crippen molar-refractivity contribution >= 4 is 0 Å². The lowest BCUT2D eigenvalue weighted by Gasteiger charge is -2.02. The monoisotopic (exact) mass is 394 g/mol. The Bertz CT molecular complexity index is 622. The first-order chi connectivity index (χ1) is 13.5. The van der Waals surface area contributed by atoms with Crippen LogP contribution in [0, 0.1) is 27.7 Å². The molecule has 0 amide bonds. The second-order valence-electron chi connectivity index (χ2n) is 5.89. The van der Waals surface area contributed by atoms with E-state index in [-0.39, 0.29) is 7.43 Å². The number of benzene rings is 3. The summed E-state index contributed by atoms with van der Waals surface area (Å²) >= 11 is 0. The summed E-state index contributed by atoms with van der Waals surface area (Å²) in [6, 6.07) is 25.7. The predicted molar refractivity (Wildman–Crippen MR) is 138 cm³/mol. The van der Waals surface area contributed by atoms with E-state index in [4.69, 9.17) is 0 Å². The Morgan fingerprint density at radius 1 is 0.310 bits per heavy atom. The molecule has 0 heteroatoms. The number of rotatable bonds is 1. The summed E-state index contributed by atoms with van der Waals surface area (Å²) in [5, 5.41) is 0. The Labute approximate surface area is 183 Å². The Kier molecular flexibility index (Phi) is 22.1. The van der Waals surface area contributed by atoms with Crippen molar-refractivity contribution in [3.63, 3.8) is 0 Å². The maximum absolute atomic E-state index is 2.17. The molecule has 0 saturated carbocycles. The molecule has 0 nitrogen and oxygen atoms in total. The molecule has 0 aliphatic carbocycles. The molecule has 0 spiro atoms. The van der Waals surface area contributed by atoms with Crippen molar-refractivity contribution in [1.82, 2.24) is 0 Å². The molecule has 0 radical (unpaired) electrons. The van der Waals surface area contributed by atoms with E-state index in [0.29, 0.717) is 0 Å². The minimum Gasteiger partial charge on any atom is -0.0776 e. The van der Waals surface area contributed by atoms with E-state index in [1.807, 2.05) is 41.5 Å². The van der Waals surface area contributed by atoms with Crippen LogP contribution in [0.3, 0.4) is 0 Å². The maximum atomic E-state index is 2.17. The van der Waals surface area contributed by atoms with Gasteiger partial charge in [0, 0.05) is 0 Å². The van der Waals surface area contributed by atoms with Crippen molar-refractivity contribution < 1.29 is 0 Å². The number of hydrogen-bond acceptors (Lipinski definition) is 0. The highest BCUT2D eigenvalue weighted by molar-refractivity contribution is 5.63. The fraction of sp³-hybridized carbons (Fsp3) is 0.379. The third-order valence-electron chi connectivity index (χ3n) is 3.65. The Morgan fingerprint density at radius 2 is 0.448 bits per heavy atom. The third kappa shape index (κ3) is 14.3. The van der Waals surface area contributed by atoms with Crippen LogP contribution in [0.15, 0.2) is 72.8 Å². The topological polar surface area (TPSA) is 0 Å². The Balaban J connectivity index is -0.000000388. The van der Waals surface area contributed by atoms with Crippen LogP contribution >= 0.6 is 0 Å². The quantitative estimate of drug-likeness (QED) is 0.385. The minimum atomic E-state index is 0. The summed E-state index contributed by atoms with van der Waals surface area (Å²) in [6.07, 6.45) is 0. The molecule has 3 rings (SSSR count). The molecule has 162 valence electrons. The van der Waals surface area contributed by atoms with Crippen LogP contribution in [0.5, 0.6) is 0 Å². The summed E-state index contributed by atoms with van der Waals surface area (Å²) in [6.45, 7) is 20.4. The number of aryl methyl sites for hydroxylation is 4. The fourth-order valence-corrected chi connectivity index (χ4v) is 2.13. The first kappa shape index (κ1) is 31.4. The molecule has 3 aromatic rings. The van der Waals surface area contributed by atoms with Gasteiger partial charge in [0.15, 0.2) is 0 Å². The van der Waals surface area contributed by atoms with Crippen LogP contribution in [0.25, 0.3) is 11.1 Å². The highest BCUT2D eigenvalue weighted by Crippen LogP contribution is 2.19. The van der Waals surface area contributed by atoms with Gasteiger partial charge in [-0.3, -0.25) is 0 Å². The predicted octanol–water partition coefficient (Wildman–Crippen LogP) is 9.99. The van der Waals surface area contributed by atoms with Gasteiger partial charge >= 0.3 is 0 Å². The van der Waals surface area contributed by atoms with Gasteiger partial charge in [-0.15, -0.1) is 0 Å². The zero-order valence-corrected chi connectivity index (χ0v) is 19.9. The summed E-state index contributed by atoms with van der Waals surface area (Å²) in [7, 11) is 0. The summed E-state index contributed by atoms with van der Waals surface area (Å²) in [5.74, 6) is 0. The fourth-order valence-electron chi connectivity index (χ4n) is 2.13. The summed E-state index contributed by atoms with van der Waals surface area (Å²) < 4.78 is 0. The van der Waals surface area contributed by atoms with Crippen LogP contribution in [0.1, 0.15) is 71.2 Å². The van der Waals surface area contributed by atoms with Gasteiger partial charge in [0.2, 0.25) is 0 Å². The third-order valence-corrected chi connectivity index (χ3v) is 3.65. The molecule has 3 aromatic carbocycles. The van der Waals surface area contributed by atoms with Crippen molar-refractivity contribution in [2.75, 3.05) is 0 Å². The van der Waals surface area contributed by atoms with Crippen LogP contribution in [0.4, 0.5) is 0 Å². The molecule has 0 aromatic heterocycles. The van der Waals surface area contributed by atoms with Gasteiger partial charge in [-0.25, -0.2) is 0 Å². The smallest absolute Gasteiger partial charge is 0.0184 e. The maximum Gasteiger partial charge on any atom is -0.0184 e. The van der Waals surface area contributed by atoms with E-state index < -0.39 is 0 Å². The van der Waals surface area contributed by atoms with E-state index in [1.54, 1.807) is 0 Å². The first-order valence-electron chi connectivity index (χ1n) is 10.7. The van der Waals surface area contributed by atoms with E-state index in [1.165, 1.54) is 33.4 Å². The Hall–Kier alpha value is -2.34. The SMILES string of the molecule is C.CC.CC.CC.Cc1ccc(-c2ccc(C)cc2)cc1.Cc1ccc(C)cc1. The standard InChI is InChI=1S/C14H14.C8H10.3C2H6.CH4/c1-11-3-7-13(8-4-11)14-9-5-12(2)6-10-14;1-7-3-5-8(2)6-4-7;3*1-2;/h3-10H,1-2H3;3-6H,1-2H3;3*1-2H3;1H4. The van der Waals surface area contributed by atoms with Crippen LogP contribution in [-0.2, 0) is 0 Å². The van der Waals surface area contributed by atoms with Gasteiger partial charge in [-0.05, 0) is 38.8 Å². The van der Waals surface area contributed by atoms with Gasteiger partial charge in [-0.1, -0.05) is 144 Å². The lowest BCUT2D eigenvalue weighted by atomic mass is 10.0. The largest absolute Gasteiger partial charge is 0.0776 e. The zero-order valence-electron chi connectivity index (χ0n) is 19.9. The molecule has 0 fully saturated rings. The second kappa shape index (κ2) is 20.4. The van der Waals surface area contributed by atoms with Gasteiger partial charge < -0.3 is 0 Å². The van der Waals surface area contributed by atoms with Crippen molar-refractivity contribution in [3.8, 4) is 11.1 Å². The van der Waals surface area contributed by atoms with Crippen molar-refractivity contribution in [1.29, 1.82) is 0 Å². The zero-order chi connectivity index (χ0) is 21.9. The average molecular weight is 395 g/mol. The number of hydrogen-bond donors (Lipinski definition) is 0. The van der Waals surface area contributed by atoms with E-state index in [2.05, 4.69) is 100 Å². The van der Waals surface area contributed by atoms with Crippen LogP contribution < -0.4 is 0 Å². The molecule has 0 heterocycles. The highest BCUT2D eigenvalue weighted by atomic mass is 14.0. The molecule has 0 N–H and O–H groups in total. The normalized spacial score (nSPS) is 8.07. The van der Waals surface area contributed by atoms with Gasteiger partial charge in [-0.2, -0.15) is 0 Å². The van der Waals surface area contributed by atoms with Crippen molar-refractivity contribution in [3.05, 3.63) is 95.1 Å². The minimum absolute atomic E-state index is 0. The van der Waals surface area contributed by atoms with Gasteiger partial charge in [0.25, 0.3) is 0 Å². The molecule has 0 aliphatic rings. The van der Waals surface area contributed by atoms with Gasteiger partial charge in [0.1, 0.15) is 0 Å². The Morgan fingerprint density at radius 3 is 0.621 bits per heavy atom. The van der Waals surface area contributed by atoms with E-state index in [0.717, 1.165) is 0 Å². The molecule has 29 heavy (non-hydrogen) atoms. The van der Waals surface area contributed by atoms with Crippen molar-refractivity contribution in [2.45, 2.75) is 76.7 Å². The molecular formula is C29H46. The molecule has 0 unspecified atom stereocenters. The average Bonchev–Trinajstić information content (AvgIpc) is 2.76. The van der Waals surface area contributed by atoms with E-state index >= 15 is 0 Å². The van der Waals surface area contributed by atoms with Crippen LogP contribution in [-0.4, -0.2) is 0 Å². The molecule has 0 bridgehead atoms. The molecular weight excluding hydrogens is 348 g/mol. The van der Waals surface area contributed by atoms with Crippen molar-refractivity contribution in [2.24, 2.45) is 0 Å². The van der Waals surface area contributed by atoms with Gasteiger partial charge in [0.05, 0.1) is 0 Å². The molecule has 0 saturated heterocycles. The van der Waals surface area contributed by atoms with E-state index in [9.17, 15) is 0 Å². The lowest BCUT2D eigenvalue weighted by molar-refractivity contribution is 1.40. The summed E-state index contributed by atoms with van der Waals surface area (Å²) in [5.41, 5.74) is 7.85. The lowest BCUT2D eigenvalue weighted by Crippen LogP contribution is -1.78. The van der Waals surface area contributed by atoms with Crippen LogP contribution in [0.2, 0.25) is 0 Å².